The van der Waals surface area contributed by atoms with E-state index in [0.717, 1.165) is 12.8 Å². The Balaban J connectivity index is 1.81. The van der Waals surface area contributed by atoms with Crippen LogP contribution in [0.1, 0.15) is 35.4 Å². The molecule has 0 radical (unpaired) electrons. The van der Waals surface area contributed by atoms with Crippen LogP contribution in [0.5, 0.6) is 0 Å². The second-order valence-corrected chi connectivity index (χ2v) is 6.09. The van der Waals surface area contributed by atoms with Crippen LogP contribution in [0, 0.1) is 0 Å². The van der Waals surface area contributed by atoms with Crippen molar-refractivity contribution >= 4 is 0 Å². The smallest absolute Gasteiger partial charge is 0.0281 e. The van der Waals surface area contributed by atoms with Crippen LogP contribution in [0.25, 0.3) is 0 Å². The van der Waals surface area contributed by atoms with Crippen LogP contribution >= 0.6 is 0 Å². The van der Waals surface area contributed by atoms with Crippen LogP contribution < -0.4 is 0 Å². The molecule has 0 aromatic heterocycles. The molecule has 0 aliphatic heterocycles. The van der Waals surface area contributed by atoms with E-state index in [1.54, 1.807) is 39.0 Å². The van der Waals surface area contributed by atoms with Crippen molar-refractivity contribution in [2.24, 2.45) is 0 Å². The predicted molar refractivity (Wildman–Crippen MR) is 78.2 cm³/mol. The van der Waals surface area contributed by atoms with Crippen LogP contribution in [0.3, 0.4) is 0 Å². The van der Waals surface area contributed by atoms with Gasteiger partial charge in [-0.25, -0.2) is 0 Å². The topological polar surface area (TPSA) is 0 Å². The van der Waals surface area contributed by atoms with Gasteiger partial charge >= 0.3 is 0 Å². The van der Waals surface area contributed by atoms with Gasteiger partial charge in [-0.1, -0.05) is 53.6 Å². The maximum absolute atomic E-state index is 2.36. The average molecular weight is 244 g/mol. The molecule has 92 valence electrons. The minimum absolute atomic E-state index is 0.601. The van der Waals surface area contributed by atoms with Gasteiger partial charge in [0.2, 0.25) is 0 Å². The van der Waals surface area contributed by atoms with Crippen molar-refractivity contribution in [3.63, 3.8) is 0 Å². The lowest BCUT2D eigenvalue weighted by Gasteiger charge is -2.35. The first-order valence-corrected chi connectivity index (χ1v) is 7.29. The highest BCUT2D eigenvalue weighted by atomic mass is 14.4. The summed E-state index contributed by atoms with van der Waals surface area (Å²) in [6.07, 6.45) is 14.1. The molecule has 0 nitrogen and oxygen atoms in total. The van der Waals surface area contributed by atoms with Gasteiger partial charge in [0.25, 0.3) is 0 Å². The van der Waals surface area contributed by atoms with E-state index >= 15 is 0 Å². The number of hydrogen-bond acceptors (Lipinski definition) is 0. The average Bonchev–Trinajstić information content (AvgIpc) is 3.05. The van der Waals surface area contributed by atoms with E-state index in [9.17, 15) is 0 Å². The van der Waals surface area contributed by atoms with Crippen molar-refractivity contribution < 1.29 is 0 Å². The third-order valence-electron chi connectivity index (χ3n) is 5.17. The van der Waals surface area contributed by atoms with Gasteiger partial charge < -0.3 is 0 Å². The maximum Gasteiger partial charge on any atom is 0.0281 e. The molecule has 4 aliphatic rings. The summed E-state index contributed by atoms with van der Waals surface area (Å²) in [6.45, 7) is 0. The third kappa shape index (κ3) is 1.19. The van der Waals surface area contributed by atoms with Gasteiger partial charge in [0.1, 0.15) is 0 Å². The van der Waals surface area contributed by atoms with Crippen LogP contribution in [0.4, 0.5) is 0 Å². The van der Waals surface area contributed by atoms with Gasteiger partial charge in [-0.3, -0.25) is 0 Å². The summed E-state index contributed by atoms with van der Waals surface area (Å²) in [4.78, 5) is 0. The zero-order valence-corrected chi connectivity index (χ0v) is 10.9. The first-order chi connectivity index (χ1) is 9.42. The lowest BCUT2D eigenvalue weighted by atomic mass is 9.68. The van der Waals surface area contributed by atoms with Crippen LogP contribution in [-0.2, 0) is 12.8 Å². The Kier molecular flexibility index (Phi) is 1.79. The molecule has 1 aromatic carbocycles. The summed E-state index contributed by atoms with van der Waals surface area (Å²) in [5.41, 5.74) is 11.4. The van der Waals surface area contributed by atoms with Crippen molar-refractivity contribution in [3.8, 4) is 0 Å². The van der Waals surface area contributed by atoms with Gasteiger partial charge in [-0.15, -0.1) is 0 Å². The van der Waals surface area contributed by atoms with Crippen LogP contribution in [0.15, 0.2) is 64.8 Å². The van der Waals surface area contributed by atoms with E-state index in [2.05, 4.69) is 42.5 Å². The Hall–Kier alpha value is -1.82. The number of benzene rings is 1. The highest BCUT2D eigenvalue weighted by Crippen LogP contribution is 2.52. The fourth-order valence-corrected chi connectivity index (χ4v) is 4.40. The molecule has 0 fully saturated rings. The molecule has 0 bridgehead atoms. The lowest BCUT2D eigenvalue weighted by Crippen LogP contribution is -2.21. The van der Waals surface area contributed by atoms with E-state index in [1.807, 2.05) is 0 Å². The van der Waals surface area contributed by atoms with E-state index in [0.29, 0.717) is 5.92 Å². The summed E-state index contributed by atoms with van der Waals surface area (Å²) in [5.74, 6) is 0.601. The number of hydrogen-bond donors (Lipinski definition) is 0. The molecule has 0 saturated carbocycles. The SMILES string of the molecule is C1=CC2=C(C1)C1C3=C(C=CC3)Cc3cccc(c31)C2. The number of rotatable bonds is 0. The lowest BCUT2D eigenvalue weighted by molar-refractivity contribution is 0.775. The van der Waals surface area contributed by atoms with Crippen molar-refractivity contribution in [1.82, 2.24) is 0 Å². The molecule has 5 rings (SSSR count). The van der Waals surface area contributed by atoms with E-state index < -0.39 is 0 Å². The Labute approximate surface area is 113 Å². The molecule has 4 aliphatic carbocycles. The molecule has 0 amide bonds. The van der Waals surface area contributed by atoms with E-state index in [-0.39, 0.29) is 0 Å². The second kappa shape index (κ2) is 3.39. The fourth-order valence-electron chi connectivity index (χ4n) is 4.40. The van der Waals surface area contributed by atoms with Crippen LogP contribution in [-0.4, -0.2) is 0 Å². The highest BCUT2D eigenvalue weighted by Gasteiger charge is 2.36. The Bertz CT molecular complexity index is 664. The standard InChI is InChI=1S/C19H16/c1-6-14-10-12-4-2-8-16(12)19-17-9-3-5-13(17)11-15(7-1)18(14)19/h1-7,19H,8-11H2. The number of allylic oxidation sites excluding steroid dienone is 8. The van der Waals surface area contributed by atoms with Crippen molar-refractivity contribution in [1.29, 1.82) is 0 Å². The second-order valence-electron chi connectivity index (χ2n) is 6.09. The van der Waals surface area contributed by atoms with Crippen molar-refractivity contribution in [2.75, 3.05) is 0 Å². The molecule has 1 aromatic rings. The minimum atomic E-state index is 0.601. The molecule has 0 N–H and O–H groups in total. The normalized spacial score (nSPS) is 22.9. The molecule has 0 unspecified atom stereocenters. The highest BCUT2D eigenvalue weighted by molar-refractivity contribution is 5.63. The minimum Gasteiger partial charge on any atom is -0.0801 e. The largest absolute Gasteiger partial charge is 0.0801 e. The van der Waals surface area contributed by atoms with Gasteiger partial charge in [0, 0.05) is 5.92 Å². The van der Waals surface area contributed by atoms with Crippen molar-refractivity contribution in [2.45, 2.75) is 31.6 Å². The summed E-state index contributed by atoms with van der Waals surface area (Å²) < 4.78 is 0. The molecule has 0 spiro atoms. The maximum atomic E-state index is 2.36. The molecule has 19 heavy (non-hydrogen) atoms. The summed E-state index contributed by atoms with van der Waals surface area (Å²) in [7, 11) is 0. The van der Waals surface area contributed by atoms with E-state index in [1.165, 1.54) is 12.8 Å². The molecule has 0 atom stereocenters. The Morgan fingerprint density at radius 3 is 1.95 bits per heavy atom. The summed E-state index contributed by atoms with van der Waals surface area (Å²) >= 11 is 0. The Morgan fingerprint density at radius 1 is 0.789 bits per heavy atom. The Morgan fingerprint density at radius 2 is 1.37 bits per heavy atom. The third-order valence-corrected chi connectivity index (χ3v) is 5.17. The fraction of sp³-hybridized carbons (Fsp3) is 0.263. The predicted octanol–water partition coefficient (Wildman–Crippen LogP) is 4.40. The molecule has 0 heterocycles. The monoisotopic (exact) mass is 244 g/mol. The van der Waals surface area contributed by atoms with Gasteiger partial charge in [0.15, 0.2) is 0 Å². The first kappa shape index (κ1) is 10.0. The van der Waals surface area contributed by atoms with Gasteiger partial charge in [-0.05, 0) is 53.5 Å². The van der Waals surface area contributed by atoms with Gasteiger partial charge in [0.05, 0.1) is 0 Å². The van der Waals surface area contributed by atoms with Crippen molar-refractivity contribution in [3.05, 3.63) is 81.5 Å². The first-order valence-electron chi connectivity index (χ1n) is 7.29. The molecular weight excluding hydrogens is 228 g/mol. The van der Waals surface area contributed by atoms with Gasteiger partial charge in [-0.2, -0.15) is 0 Å². The van der Waals surface area contributed by atoms with E-state index in [4.69, 9.17) is 0 Å². The molecule has 0 saturated heterocycles. The quantitative estimate of drug-likeness (QED) is 0.634. The zero-order valence-electron chi connectivity index (χ0n) is 10.9. The zero-order chi connectivity index (χ0) is 12.4. The molecule has 0 heteroatoms. The van der Waals surface area contributed by atoms with Crippen LogP contribution in [0.2, 0.25) is 0 Å². The molecular formula is C19H16. The number of fused-ring (bicyclic) bond motifs is 2. The summed E-state index contributed by atoms with van der Waals surface area (Å²) in [6, 6.07) is 6.94. The summed E-state index contributed by atoms with van der Waals surface area (Å²) in [5, 5.41) is 0.